The van der Waals surface area contributed by atoms with Crippen LogP contribution in [0, 0.1) is 0 Å². The first-order valence-corrected chi connectivity index (χ1v) is 10.1. The van der Waals surface area contributed by atoms with Gasteiger partial charge in [0, 0.05) is 10.8 Å². The van der Waals surface area contributed by atoms with Crippen molar-refractivity contribution in [3.63, 3.8) is 0 Å². The molecule has 148 valence electrons. The number of hydrogen-bond donors (Lipinski definition) is 3. The number of carbonyl (C=O) groups is 1. The van der Waals surface area contributed by atoms with Gasteiger partial charge in [0.15, 0.2) is 0 Å². The fraction of sp³-hybridized carbons (Fsp3) is 0.143. The Hall–Kier alpha value is -3.03. The zero-order chi connectivity index (χ0) is 20.7. The molecule has 8 heteroatoms. The van der Waals surface area contributed by atoms with Crippen LogP contribution in [0.3, 0.4) is 0 Å². The van der Waals surface area contributed by atoms with E-state index < -0.39 is 6.09 Å². The molecule has 1 atom stereocenters. The average Bonchev–Trinajstić information content (AvgIpc) is 3.13. The largest absolute Gasteiger partial charge is 0.495 e. The van der Waals surface area contributed by atoms with Crippen molar-refractivity contribution in [1.29, 1.82) is 0 Å². The number of nitrogens with one attached hydrogen (secondary N) is 2. The molecule has 0 aliphatic rings. The highest BCUT2D eigenvalue weighted by molar-refractivity contribution is 7.17. The van der Waals surface area contributed by atoms with Gasteiger partial charge >= 0.3 is 6.09 Å². The average molecular weight is 429 g/mol. The number of halogens is 1. The topological polar surface area (TPSA) is 91.4 Å². The SMILES string of the molecule is COc1csc2c(=O)[nH]c3c(Cl)ccc(-c4ccc(C(C)NC(=O)O)cc4)c3c12. The molecule has 4 aromatic rings. The number of thiophene rings is 1. The number of carboxylic acid groups (broad SMARTS) is 1. The number of rotatable bonds is 4. The number of benzene rings is 2. The Labute approximate surface area is 174 Å². The number of amides is 1. The van der Waals surface area contributed by atoms with Gasteiger partial charge in [-0.15, -0.1) is 11.3 Å². The second kappa shape index (κ2) is 7.42. The summed E-state index contributed by atoms with van der Waals surface area (Å²) in [5, 5.41) is 15.2. The van der Waals surface area contributed by atoms with Gasteiger partial charge in [-0.1, -0.05) is 41.9 Å². The zero-order valence-electron chi connectivity index (χ0n) is 15.6. The Balaban J connectivity index is 1.95. The Morgan fingerprint density at radius 1 is 1.21 bits per heavy atom. The van der Waals surface area contributed by atoms with Crippen LogP contribution < -0.4 is 15.6 Å². The van der Waals surface area contributed by atoms with Crippen molar-refractivity contribution in [2.75, 3.05) is 7.11 Å². The van der Waals surface area contributed by atoms with Gasteiger partial charge in [0.1, 0.15) is 10.4 Å². The van der Waals surface area contributed by atoms with E-state index in [9.17, 15) is 9.59 Å². The molecule has 0 radical (unpaired) electrons. The lowest BCUT2D eigenvalue weighted by molar-refractivity contribution is 0.191. The quantitative estimate of drug-likeness (QED) is 0.405. The highest BCUT2D eigenvalue weighted by atomic mass is 35.5. The standard InChI is InChI=1S/C21H17ClN2O4S/c1-10(23-21(26)27)11-3-5-12(6-4-11)13-7-8-14(22)18-16(13)17-15(28-2)9-29-19(17)20(25)24-18/h3-10,23H,1-2H3,(H,24,25)(H,26,27). The van der Waals surface area contributed by atoms with Crippen molar-refractivity contribution in [1.82, 2.24) is 10.3 Å². The number of aromatic nitrogens is 1. The minimum absolute atomic E-state index is 0.205. The molecule has 0 saturated heterocycles. The molecule has 0 aliphatic carbocycles. The molecule has 0 bridgehead atoms. The van der Waals surface area contributed by atoms with Crippen LogP contribution in [0.2, 0.25) is 5.02 Å². The zero-order valence-corrected chi connectivity index (χ0v) is 17.1. The molecule has 3 N–H and O–H groups in total. The third-order valence-electron chi connectivity index (χ3n) is 4.89. The maximum absolute atomic E-state index is 12.5. The predicted molar refractivity (Wildman–Crippen MR) is 117 cm³/mol. The van der Waals surface area contributed by atoms with Crippen LogP contribution in [0.1, 0.15) is 18.5 Å². The van der Waals surface area contributed by atoms with Gasteiger partial charge in [0.05, 0.1) is 29.1 Å². The Morgan fingerprint density at radius 2 is 1.93 bits per heavy atom. The Kier molecular flexibility index (Phi) is 4.94. The molecule has 0 spiro atoms. The molecule has 1 unspecified atom stereocenters. The summed E-state index contributed by atoms with van der Waals surface area (Å²) in [5.41, 5.74) is 3.01. The van der Waals surface area contributed by atoms with Gasteiger partial charge in [0.2, 0.25) is 0 Å². The summed E-state index contributed by atoms with van der Waals surface area (Å²) in [5.74, 6) is 0.625. The number of H-pyrrole nitrogens is 1. The lowest BCUT2D eigenvalue weighted by Crippen LogP contribution is -2.24. The van der Waals surface area contributed by atoms with Crippen molar-refractivity contribution in [3.8, 4) is 16.9 Å². The van der Waals surface area contributed by atoms with E-state index in [1.807, 2.05) is 35.7 Å². The minimum Gasteiger partial charge on any atom is -0.495 e. The van der Waals surface area contributed by atoms with Crippen molar-refractivity contribution in [2.24, 2.45) is 0 Å². The van der Waals surface area contributed by atoms with E-state index in [1.54, 1.807) is 20.1 Å². The van der Waals surface area contributed by atoms with Crippen molar-refractivity contribution in [3.05, 3.63) is 62.7 Å². The number of aromatic amines is 1. The second-order valence-electron chi connectivity index (χ2n) is 6.60. The molecule has 0 saturated carbocycles. The predicted octanol–water partition coefficient (Wildman–Crippen LogP) is 5.40. The molecular weight excluding hydrogens is 412 g/mol. The fourth-order valence-electron chi connectivity index (χ4n) is 3.49. The summed E-state index contributed by atoms with van der Waals surface area (Å²) in [6.07, 6.45) is -1.07. The number of methoxy groups -OCH3 is 1. The van der Waals surface area contributed by atoms with E-state index in [0.29, 0.717) is 21.0 Å². The molecule has 2 aromatic carbocycles. The summed E-state index contributed by atoms with van der Waals surface area (Å²) in [7, 11) is 1.57. The number of hydrogen-bond acceptors (Lipinski definition) is 4. The van der Waals surface area contributed by atoms with Gasteiger partial charge in [-0.3, -0.25) is 4.79 Å². The van der Waals surface area contributed by atoms with Crippen LogP contribution in [-0.4, -0.2) is 23.3 Å². The molecule has 0 aliphatic heterocycles. The molecule has 2 aromatic heterocycles. The van der Waals surface area contributed by atoms with Crippen LogP contribution in [0.5, 0.6) is 5.75 Å². The lowest BCUT2D eigenvalue weighted by atomic mass is 9.96. The van der Waals surface area contributed by atoms with E-state index in [1.165, 1.54) is 11.3 Å². The lowest BCUT2D eigenvalue weighted by Gasteiger charge is -2.14. The number of ether oxygens (including phenoxy) is 1. The smallest absolute Gasteiger partial charge is 0.405 e. The summed E-state index contributed by atoms with van der Waals surface area (Å²) >= 11 is 7.72. The summed E-state index contributed by atoms with van der Waals surface area (Å²) in [4.78, 5) is 26.3. The van der Waals surface area contributed by atoms with Crippen LogP contribution in [0.15, 0.2) is 46.6 Å². The third kappa shape index (κ3) is 3.32. The van der Waals surface area contributed by atoms with E-state index >= 15 is 0 Å². The van der Waals surface area contributed by atoms with E-state index in [-0.39, 0.29) is 11.6 Å². The first kappa shape index (κ1) is 19.3. The van der Waals surface area contributed by atoms with Crippen molar-refractivity contribution in [2.45, 2.75) is 13.0 Å². The number of fused-ring (bicyclic) bond motifs is 3. The monoisotopic (exact) mass is 428 g/mol. The van der Waals surface area contributed by atoms with Crippen LogP contribution in [0.4, 0.5) is 4.79 Å². The molecule has 4 rings (SSSR count). The van der Waals surface area contributed by atoms with Crippen molar-refractivity contribution >= 4 is 50.0 Å². The van der Waals surface area contributed by atoms with Gasteiger partial charge in [-0.05, 0) is 29.7 Å². The van der Waals surface area contributed by atoms with Crippen molar-refractivity contribution < 1.29 is 14.6 Å². The Morgan fingerprint density at radius 3 is 2.59 bits per heavy atom. The van der Waals surface area contributed by atoms with E-state index in [0.717, 1.165) is 27.5 Å². The van der Waals surface area contributed by atoms with Gasteiger partial charge in [-0.2, -0.15) is 0 Å². The second-order valence-corrected chi connectivity index (χ2v) is 7.89. The molecule has 6 nitrogen and oxygen atoms in total. The van der Waals surface area contributed by atoms with E-state index in [4.69, 9.17) is 21.4 Å². The molecule has 2 heterocycles. The maximum Gasteiger partial charge on any atom is 0.405 e. The normalized spacial score (nSPS) is 12.2. The first-order valence-electron chi connectivity index (χ1n) is 8.80. The summed E-state index contributed by atoms with van der Waals surface area (Å²) in [6.45, 7) is 1.78. The number of pyridine rings is 1. The fourth-order valence-corrected chi connectivity index (χ4v) is 4.61. The third-order valence-corrected chi connectivity index (χ3v) is 6.16. The van der Waals surface area contributed by atoms with Crippen LogP contribution >= 0.6 is 22.9 Å². The highest BCUT2D eigenvalue weighted by Gasteiger charge is 2.18. The first-order chi connectivity index (χ1) is 13.9. The summed E-state index contributed by atoms with van der Waals surface area (Å²) in [6, 6.07) is 10.9. The highest BCUT2D eigenvalue weighted by Crippen LogP contribution is 2.41. The summed E-state index contributed by atoms with van der Waals surface area (Å²) < 4.78 is 6.08. The minimum atomic E-state index is -1.07. The van der Waals surface area contributed by atoms with Crippen LogP contribution in [-0.2, 0) is 0 Å². The van der Waals surface area contributed by atoms with E-state index in [2.05, 4.69) is 10.3 Å². The molecular formula is C21H17ClN2O4S. The maximum atomic E-state index is 12.5. The molecule has 1 amide bonds. The van der Waals surface area contributed by atoms with Gasteiger partial charge in [-0.25, -0.2) is 4.79 Å². The Bertz CT molecular complexity index is 1290. The van der Waals surface area contributed by atoms with Crippen LogP contribution in [0.25, 0.3) is 32.1 Å². The molecule has 29 heavy (non-hydrogen) atoms. The molecule has 0 fully saturated rings. The van der Waals surface area contributed by atoms with Gasteiger partial charge < -0.3 is 20.1 Å². The van der Waals surface area contributed by atoms with Gasteiger partial charge in [0.25, 0.3) is 5.56 Å².